The molecule has 0 aliphatic carbocycles. The molecule has 4 aromatic rings. The number of quaternary nitrogens is 1. The lowest BCUT2D eigenvalue weighted by Crippen LogP contribution is -3.12. The summed E-state index contributed by atoms with van der Waals surface area (Å²) in [5.41, 5.74) is 3.78. The lowest BCUT2D eigenvalue weighted by atomic mass is 9.98. The van der Waals surface area contributed by atoms with E-state index in [9.17, 15) is 4.79 Å². The van der Waals surface area contributed by atoms with Crippen LogP contribution in [0.4, 0.5) is 0 Å². The van der Waals surface area contributed by atoms with Gasteiger partial charge in [0.25, 0.3) is 0 Å². The molecule has 4 heteroatoms. The van der Waals surface area contributed by atoms with Crippen LogP contribution >= 0.6 is 0 Å². The van der Waals surface area contributed by atoms with Gasteiger partial charge in [0, 0.05) is 22.4 Å². The molecule has 0 saturated carbocycles. The summed E-state index contributed by atoms with van der Waals surface area (Å²) in [5.74, 6) is 1.32. The fourth-order valence-electron chi connectivity index (χ4n) is 4.52. The average molecular weight is 386 g/mol. The molecule has 29 heavy (non-hydrogen) atoms. The zero-order valence-corrected chi connectivity index (χ0v) is 16.7. The summed E-state index contributed by atoms with van der Waals surface area (Å²) in [5, 5.41) is 2.55. The summed E-state index contributed by atoms with van der Waals surface area (Å²) in [6, 6.07) is 20.4. The van der Waals surface area contributed by atoms with E-state index < -0.39 is 0 Å². The monoisotopic (exact) mass is 386 g/mol. The van der Waals surface area contributed by atoms with Crippen molar-refractivity contribution in [3.8, 4) is 5.75 Å². The third kappa shape index (κ3) is 3.10. The molecule has 1 aliphatic heterocycles. The Morgan fingerprint density at radius 1 is 1.00 bits per heavy atom. The van der Waals surface area contributed by atoms with Crippen LogP contribution in [-0.2, 0) is 6.54 Å². The molecule has 2 atom stereocenters. The van der Waals surface area contributed by atoms with E-state index in [1.807, 2.05) is 31.2 Å². The Labute approximate surface area is 169 Å². The molecule has 0 fully saturated rings. The highest BCUT2D eigenvalue weighted by Gasteiger charge is 2.26. The lowest BCUT2D eigenvalue weighted by molar-refractivity contribution is -0.933. The molecule has 0 saturated heterocycles. The van der Waals surface area contributed by atoms with Crippen molar-refractivity contribution < 1.29 is 14.1 Å². The van der Waals surface area contributed by atoms with Crippen LogP contribution in [0.5, 0.6) is 5.75 Å². The van der Waals surface area contributed by atoms with Crippen LogP contribution < -0.4 is 15.3 Å². The minimum absolute atomic E-state index is 0.295. The first-order chi connectivity index (χ1) is 14.1. The van der Waals surface area contributed by atoms with Crippen molar-refractivity contribution in [2.24, 2.45) is 0 Å². The Morgan fingerprint density at radius 2 is 1.72 bits per heavy atom. The van der Waals surface area contributed by atoms with Crippen LogP contribution in [0.1, 0.15) is 29.5 Å². The molecule has 5 rings (SSSR count). The first-order valence-electron chi connectivity index (χ1n) is 10.1. The summed E-state index contributed by atoms with van der Waals surface area (Å²) in [6.07, 6.45) is 0. The molecule has 1 aliphatic rings. The molecular formula is C25H24NO3+. The van der Waals surface area contributed by atoms with Crippen molar-refractivity contribution in [2.45, 2.75) is 26.3 Å². The maximum atomic E-state index is 12.4. The molecule has 0 bridgehead atoms. The highest BCUT2D eigenvalue weighted by atomic mass is 16.5. The van der Waals surface area contributed by atoms with Gasteiger partial charge in [-0.1, -0.05) is 55.5 Å². The zero-order valence-electron chi connectivity index (χ0n) is 16.7. The van der Waals surface area contributed by atoms with Crippen LogP contribution in [0.3, 0.4) is 0 Å². The largest absolute Gasteiger partial charge is 0.444 e. The highest BCUT2D eigenvalue weighted by Crippen LogP contribution is 2.34. The zero-order chi connectivity index (χ0) is 20.0. The Hall–Kier alpha value is -3.11. The van der Waals surface area contributed by atoms with Crippen molar-refractivity contribution in [2.75, 3.05) is 13.3 Å². The quantitative estimate of drug-likeness (QED) is 0.430. The molecule has 1 unspecified atom stereocenters. The summed E-state index contributed by atoms with van der Waals surface area (Å²) in [4.78, 5) is 13.8. The number of hydrogen-bond donors (Lipinski definition) is 1. The second kappa shape index (κ2) is 7.05. The van der Waals surface area contributed by atoms with E-state index in [0.717, 1.165) is 35.2 Å². The van der Waals surface area contributed by atoms with Gasteiger partial charge < -0.3 is 9.15 Å². The summed E-state index contributed by atoms with van der Waals surface area (Å²) in [7, 11) is 0. The van der Waals surface area contributed by atoms with E-state index in [4.69, 9.17) is 9.15 Å². The highest BCUT2D eigenvalue weighted by molar-refractivity contribution is 6.06. The van der Waals surface area contributed by atoms with Crippen molar-refractivity contribution in [3.63, 3.8) is 0 Å². The summed E-state index contributed by atoms with van der Waals surface area (Å²) >= 11 is 0. The van der Waals surface area contributed by atoms with E-state index in [0.29, 0.717) is 23.6 Å². The number of ether oxygens (including phenoxy) is 1. The summed E-state index contributed by atoms with van der Waals surface area (Å²) < 4.78 is 11.8. The van der Waals surface area contributed by atoms with Gasteiger partial charge >= 0.3 is 5.63 Å². The molecule has 0 spiro atoms. The van der Waals surface area contributed by atoms with Gasteiger partial charge in [0.05, 0.1) is 11.9 Å². The smallest absolute Gasteiger partial charge is 0.344 e. The Bertz CT molecular complexity index is 1260. The van der Waals surface area contributed by atoms with Crippen molar-refractivity contribution >= 4 is 21.7 Å². The van der Waals surface area contributed by atoms with Gasteiger partial charge in [-0.3, -0.25) is 4.90 Å². The molecule has 4 nitrogen and oxygen atoms in total. The first-order valence-corrected chi connectivity index (χ1v) is 10.1. The fourth-order valence-corrected chi connectivity index (χ4v) is 4.52. The van der Waals surface area contributed by atoms with Crippen LogP contribution in [0.25, 0.3) is 21.7 Å². The second-order valence-electron chi connectivity index (χ2n) is 8.03. The average Bonchev–Trinajstić information content (AvgIpc) is 2.75. The van der Waals surface area contributed by atoms with Crippen LogP contribution in [0.15, 0.2) is 69.9 Å². The van der Waals surface area contributed by atoms with E-state index in [-0.39, 0.29) is 5.63 Å². The predicted molar refractivity (Wildman–Crippen MR) is 115 cm³/mol. The SMILES string of the molecule is Cc1c2c(cc3c1oc(=O)c1ccccc13)C[NH+](C[C@@H](C)c1ccccc1)CO2. The Morgan fingerprint density at radius 3 is 2.52 bits per heavy atom. The predicted octanol–water partition coefficient (Wildman–Crippen LogP) is 3.79. The van der Waals surface area contributed by atoms with Crippen LogP contribution in [0.2, 0.25) is 0 Å². The van der Waals surface area contributed by atoms with Gasteiger partial charge in [-0.05, 0) is 30.0 Å². The van der Waals surface area contributed by atoms with Gasteiger partial charge in [0.2, 0.25) is 6.73 Å². The number of rotatable bonds is 3. The molecule has 1 N–H and O–H groups in total. The van der Waals surface area contributed by atoms with E-state index >= 15 is 0 Å². The number of fused-ring (bicyclic) bond motifs is 4. The topological polar surface area (TPSA) is 43.9 Å². The van der Waals surface area contributed by atoms with Crippen molar-refractivity contribution in [1.29, 1.82) is 0 Å². The molecule has 2 heterocycles. The lowest BCUT2D eigenvalue weighted by Gasteiger charge is -2.29. The molecule has 3 aromatic carbocycles. The van der Waals surface area contributed by atoms with Gasteiger partial charge in [0.1, 0.15) is 17.9 Å². The maximum Gasteiger partial charge on any atom is 0.344 e. The second-order valence-corrected chi connectivity index (χ2v) is 8.03. The molecule has 146 valence electrons. The molecule has 0 amide bonds. The minimum Gasteiger partial charge on any atom is -0.444 e. The van der Waals surface area contributed by atoms with Crippen molar-refractivity contribution in [3.05, 3.63) is 87.8 Å². The molecular weight excluding hydrogens is 362 g/mol. The summed E-state index contributed by atoms with van der Waals surface area (Å²) in [6.45, 7) is 6.78. The van der Waals surface area contributed by atoms with Crippen LogP contribution in [0, 0.1) is 6.92 Å². The molecule has 1 aromatic heterocycles. The first kappa shape index (κ1) is 18.0. The van der Waals surface area contributed by atoms with Gasteiger partial charge in [-0.2, -0.15) is 0 Å². The van der Waals surface area contributed by atoms with Crippen molar-refractivity contribution in [1.82, 2.24) is 0 Å². The van der Waals surface area contributed by atoms with E-state index in [2.05, 4.69) is 43.3 Å². The van der Waals surface area contributed by atoms with E-state index in [1.165, 1.54) is 16.0 Å². The Kier molecular flexibility index (Phi) is 4.36. The number of hydrogen-bond acceptors (Lipinski definition) is 3. The van der Waals surface area contributed by atoms with E-state index in [1.54, 1.807) is 0 Å². The Balaban J connectivity index is 1.53. The van der Waals surface area contributed by atoms with Gasteiger partial charge in [-0.15, -0.1) is 0 Å². The van der Waals surface area contributed by atoms with Gasteiger partial charge in [0.15, 0.2) is 0 Å². The normalized spacial score (nSPS) is 17.1. The third-order valence-corrected chi connectivity index (χ3v) is 5.99. The molecule has 0 radical (unpaired) electrons. The van der Waals surface area contributed by atoms with Crippen LogP contribution in [-0.4, -0.2) is 13.3 Å². The number of nitrogens with one attached hydrogen (secondary N) is 1. The maximum absolute atomic E-state index is 12.4. The minimum atomic E-state index is -0.295. The number of benzene rings is 3. The fraction of sp³-hybridized carbons (Fsp3) is 0.240. The van der Waals surface area contributed by atoms with Gasteiger partial charge in [-0.25, -0.2) is 4.79 Å². The standard InChI is InChI=1S/C25H23NO3/c1-16(18-8-4-3-5-9-18)13-26-14-19-12-22-20-10-6-7-11-21(20)25(27)29-24(22)17(2)23(19)28-15-26/h3-12,16H,13-15H2,1-2H3/p+1/t16-/m1/s1. The third-order valence-electron chi connectivity index (χ3n) is 5.99. The number of aryl methyl sites for hydroxylation is 1.